The van der Waals surface area contributed by atoms with Crippen LogP contribution in [0.3, 0.4) is 0 Å². The van der Waals surface area contributed by atoms with Crippen LogP contribution in [0.2, 0.25) is 0 Å². The number of hydrogen-bond donors (Lipinski definition) is 2. The standard InChI is InChI=1S/C15H22N2O/c18-15(9-16-14-5-6-14)11-17-8-7-12-3-1-2-4-13(12)10-17/h1-4,14-16,18H,5-11H2. The number of aliphatic hydroxyl groups excluding tert-OH is 1. The number of fused-ring (bicyclic) bond motifs is 1. The van der Waals surface area contributed by atoms with Gasteiger partial charge in [0.1, 0.15) is 0 Å². The van der Waals surface area contributed by atoms with Crippen LogP contribution in [-0.2, 0) is 13.0 Å². The smallest absolute Gasteiger partial charge is 0.0791 e. The molecule has 1 fully saturated rings. The first-order chi connectivity index (χ1) is 8.81. The number of nitrogens with one attached hydrogen (secondary N) is 1. The summed E-state index contributed by atoms with van der Waals surface area (Å²) in [6.45, 7) is 3.57. The van der Waals surface area contributed by atoms with Crippen LogP contribution in [-0.4, -0.2) is 41.8 Å². The summed E-state index contributed by atoms with van der Waals surface area (Å²) in [5, 5.41) is 13.4. The Morgan fingerprint density at radius 3 is 2.83 bits per heavy atom. The van der Waals surface area contributed by atoms with E-state index in [0.717, 1.165) is 32.6 Å². The molecule has 3 nitrogen and oxygen atoms in total. The first-order valence-corrected chi connectivity index (χ1v) is 7.02. The van der Waals surface area contributed by atoms with Gasteiger partial charge in [0.25, 0.3) is 0 Å². The first-order valence-electron chi connectivity index (χ1n) is 7.02. The average Bonchev–Trinajstić information content (AvgIpc) is 3.20. The summed E-state index contributed by atoms with van der Waals surface area (Å²) >= 11 is 0. The highest BCUT2D eigenvalue weighted by Crippen LogP contribution is 2.19. The molecular weight excluding hydrogens is 224 g/mol. The summed E-state index contributed by atoms with van der Waals surface area (Å²) in [6, 6.07) is 9.33. The van der Waals surface area contributed by atoms with Crippen LogP contribution in [0.5, 0.6) is 0 Å². The van der Waals surface area contributed by atoms with E-state index in [4.69, 9.17) is 0 Å². The summed E-state index contributed by atoms with van der Waals surface area (Å²) in [5.41, 5.74) is 2.89. The fourth-order valence-electron chi connectivity index (χ4n) is 2.66. The lowest BCUT2D eigenvalue weighted by Gasteiger charge is -2.30. The molecule has 1 aliphatic heterocycles. The topological polar surface area (TPSA) is 35.5 Å². The maximum absolute atomic E-state index is 10.0. The molecule has 1 aliphatic carbocycles. The second-order valence-corrected chi connectivity index (χ2v) is 5.59. The van der Waals surface area contributed by atoms with Crippen LogP contribution >= 0.6 is 0 Å². The molecule has 1 unspecified atom stereocenters. The van der Waals surface area contributed by atoms with E-state index in [1.54, 1.807) is 0 Å². The lowest BCUT2D eigenvalue weighted by atomic mass is 10.00. The van der Waals surface area contributed by atoms with Gasteiger partial charge in [-0.2, -0.15) is 0 Å². The molecule has 0 bridgehead atoms. The van der Waals surface area contributed by atoms with Gasteiger partial charge < -0.3 is 10.4 Å². The monoisotopic (exact) mass is 246 g/mol. The highest BCUT2D eigenvalue weighted by Gasteiger charge is 2.23. The van der Waals surface area contributed by atoms with E-state index in [1.165, 1.54) is 24.0 Å². The van der Waals surface area contributed by atoms with Crippen molar-refractivity contribution in [3.63, 3.8) is 0 Å². The van der Waals surface area contributed by atoms with Gasteiger partial charge in [-0.1, -0.05) is 24.3 Å². The van der Waals surface area contributed by atoms with Crippen molar-refractivity contribution in [2.24, 2.45) is 0 Å². The van der Waals surface area contributed by atoms with Gasteiger partial charge in [-0.05, 0) is 30.4 Å². The lowest BCUT2D eigenvalue weighted by Crippen LogP contribution is -2.41. The molecule has 0 saturated heterocycles. The molecule has 0 spiro atoms. The molecule has 3 heteroatoms. The molecule has 0 aromatic heterocycles. The summed E-state index contributed by atoms with van der Waals surface area (Å²) in [4.78, 5) is 2.36. The molecule has 2 N–H and O–H groups in total. The Morgan fingerprint density at radius 2 is 2.06 bits per heavy atom. The zero-order valence-electron chi connectivity index (χ0n) is 10.8. The number of aliphatic hydroxyl groups is 1. The Morgan fingerprint density at radius 1 is 1.28 bits per heavy atom. The van der Waals surface area contributed by atoms with Crippen LogP contribution in [0.25, 0.3) is 0 Å². The van der Waals surface area contributed by atoms with E-state index >= 15 is 0 Å². The normalized spacial score (nSPS) is 21.6. The minimum Gasteiger partial charge on any atom is -0.390 e. The second kappa shape index (κ2) is 5.39. The third kappa shape index (κ3) is 3.10. The fourth-order valence-corrected chi connectivity index (χ4v) is 2.66. The van der Waals surface area contributed by atoms with Gasteiger partial charge in [0, 0.05) is 32.2 Å². The molecule has 0 radical (unpaired) electrons. The molecule has 1 atom stereocenters. The quantitative estimate of drug-likeness (QED) is 0.818. The van der Waals surface area contributed by atoms with Crippen molar-refractivity contribution >= 4 is 0 Å². The van der Waals surface area contributed by atoms with Crippen LogP contribution in [0, 0.1) is 0 Å². The molecule has 18 heavy (non-hydrogen) atoms. The van der Waals surface area contributed by atoms with E-state index in [-0.39, 0.29) is 6.10 Å². The largest absolute Gasteiger partial charge is 0.390 e. The number of hydrogen-bond acceptors (Lipinski definition) is 3. The summed E-state index contributed by atoms with van der Waals surface area (Å²) in [6.07, 6.45) is 3.43. The zero-order chi connectivity index (χ0) is 12.4. The van der Waals surface area contributed by atoms with Crippen molar-refractivity contribution < 1.29 is 5.11 Å². The molecular formula is C15H22N2O. The fraction of sp³-hybridized carbons (Fsp3) is 0.600. The summed E-state index contributed by atoms with van der Waals surface area (Å²) in [7, 11) is 0. The van der Waals surface area contributed by atoms with E-state index in [0.29, 0.717) is 6.04 Å². The maximum Gasteiger partial charge on any atom is 0.0791 e. The van der Waals surface area contributed by atoms with Gasteiger partial charge in [-0.25, -0.2) is 0 Å². The van der Waals surface area contributed by atoms with E-state index in [1.807, 2.05) is 0 Å². The molecule has 3 rings (SSSR count). The predicted molar refractivity (Wildman–Crippen MR) is 72.5 cm³/mol. The lowest BCUT2D eigenvalue weighted by molar-refractivity contribution is 0.104. The first kappa shape index (κ1) is 12.2. The van der Waals surface area contributed by atoms with Crippen molar-refractivity contribution in [3.05, 3.63) is 35.4 Å². The molecule has 2 aliphatic rings. The number of β-amino-alcohol motifs (C(OH)–C–C–N with tert-alkyl or cyclic N) is 1. The van der Waals surface area contributed by atoms with E-state index in [2.05, 4.69) is 34.5 Å². The van der Waals surface area contributed by atoms with E-state index < -0.39 is 0 Å². The summed E-state index contributed by atoms with van der Waals surface area (Å²) < 4.78 is 0. The molecule has 98 valence electrons. The molecule has 0 amide bonds. The van der Waals surface area contributed by atoms with Gasteiger partial charge in [-0.3, -0.25) is 4.90 Å². The third-order valence-electron chi connectivity index (χ3n) is 3.90. The van der Waals surface area contributed by atoms with Crippen molar-refractivity contribution in [3.8, 4) is 0 Å². The average molecular weight is 246 g/mol. The summed E-state index contributed by atoms with van der Waals surface area (Å²) in [5.74, 6) is 0. The molecule has 1 aromatic carbocycles. The van der Waals surface area contributed by atoms with Gasteiger partial charge >= 0.3 is 0 Å². The number of benzene rings is 1. The molecule has 1 aromatic rings. The zero-order valence-corrected chi connectivity index (χ0v) is 10.8. The van der Waals surface area contributed by atoms with Crippen LogP contribution in [0.15, 0.2) is 24.3 Å². The van der Waals surface area contributed by atoms with Crippen molar-refractivity contribution in [2.75, 3.05) is 19.6 Å². The van der Waals surface area contributed by atoms with Crippen LogP contribution in [0.4, 0.5) is 0 Å². The second-order valence-electron chi connectivity index (χ2n) is 5.59. The molecule has 1 heterocycles. The Hall–Kier alpha value is -0.900. The maximum atomic E-state index is 10.0. The SMILES string of the molecule is OC(CNC1CC1)CN1CCc2ccccc2C1. The van der Waals surface area contributed by atoms with Gasteiger partial charge in [-0.15, -0.1) is 0 Å². The number of rotatable bonds is 5. The Kier molecular flexibility index (Phi) is 3.64. The molecule has 1 saturated carbocycles. The Labute approximate surface area is 109 Å². The minimum absolute atomic E-state index is 0.240. The van der Waals surface area contributed by atoms with E-state index in [9.17, 15) is 5.11 Å². The van der Waals surface area contributed by atoms with Crippen molar-refractivity contribution in [1.82, 2.24) is 10.2 Å². The van der Waals surface area contributed by atoms with Crippen LogP contribution < -0.4 is 5.32 Å². The van der Waals surface area contributed by atoms with Crippen LogP contribution in [0.1, 0.15) is 24.0 Å². The number of nitrogens with zero attached hydrogens (tertiary/aromatic N) is 1. The third-order valence-corrected chi connectivity index (χ3v) is 3.90. The Balaban J connectivity index is 1.49. The van der Waals surface area contributed by atoms with Crippen molar-refractivity contribution in [2.45, 2.75) is 38.0 Å². The van der Waals surface area contributed by atoms with Gasteiger partial charge in [0.05, 0.1) is 6.10 Å². The van der Waals surface area contributed by atoms with Gasteiger partial charge in [0.2, 0.25) is 0 Å². The van der Waals surface area contributed by atoms with Gasteiger partial charge in [0.15, 0.2) is 0 Å². The van der Waals surface area contributed by atoms with Crippen molar-refractivity contribution in [1.29, 1.82) is 0 Å². The minimum atomic E-state index is -0.240. The predicted octanol–water partition coefficient (Wildman–Crippen LogP) is 1.16. The highest BCUT2D eigenvalue weighted by atomic mass is 16.3. The highest BCUT2D eigenvalue weighted by molar-refractivity contribution is 5.29. The Bertz CT molecular complexity index is 403.